The van der Waals surface area contributed by atoms with Crippen LogP contribution in [0.25, 0.3) is 0 Å². The van der Waals surface area contributed by atoms with Crippen molar-refractivity contribution < 1.29 is 9.18 Å². The lowest BCUT2D eigenvalue weighted by atomic mass is 10.3. The van der Waals surface area contributed by atoms with Gasteiger partial charge in [0, 0.05) is 18.4 Å². The minimum absolute atomic E-state index is 0.102. The Hall–Kier alpha value is -2.87. The minimum atomic E-state index is -0.276. The summed E-state index contributed by atoms with van der Waals surface area (Å²) in [4.78, 5) is 12.0. The SMILES string of the molecule is Cn1c(CNc2ccc(F)cc2)nnc1SCC(=O)Nc1ccccc1. The molecule has 0 atom stereocenters. The van der Waals surface area contributed by atoms with Crippen molar-refractivity contribution in [3.8, 4) is 0 Å². The molecule has 1 amide bonds. The van der Waals surface area contributed by atoms with Crippen LogP contribution in [0.3, 0.4) is 0 Å². The van der Waals surface area contributed by atoms with Gasteiger partial charge < -0.3 is 15.2 Å². The molecular formula is C18H18FN5OS. The molecule has 134 valence electrons. The number of nitrogens with zero attached hydrogens (tertiary/aromatic N) is 3. The molecule has 0 aliphatic carbocycles. The highest BCUT2D eigenvalue weighted by Crippen LogP contribution is 2.17. The zero-order chi connectivity index (χ0) is 18.4. The van der Waals surface area contributed by atoms with Gasteiger partial charge in [-0.1, -0.05) is 30.0 Å². The summed E-state index contributed by atoms with van der Waals surface area (Å²) in [5, 5.41) is 14.9. The Bertz CT molecular complexity index is 867. The second kappa shape index (κ2) is 8.48. The number of halogens is 1. The zero-order valence-electron chi connectivity index (χ0n) is 14.1. The molecule has 1 heterocycles. The second-order valence-electron chi connectivity index (χ2n) is 5.52. The average molecular weight is 371 g/mol. The van der Waals surface area contributed by atoms with Crippen LogP contribution in [-0.2, 0) is 18.4 Å². The Balaban J connectivity index is 1.51. The lowest BCUT2D eigenvalue weighted by Crippen LogP contribution is -2.14. The van der Waals surface area contributed by atoms with E-state index in [-0.39, 0.29) is 17.5 Å². The van der Waals surface area contributed by atoms with Gasteiger partial charge in [0.2, 0.25) is 5.91 Å². The number of hydrogen-bond acceptors (Lipinski definition) is 5. The van der Waals surface area contributed by atoms with Crippen LogP contribution in [0.1, 0.15) is 5.82 Å². The number of benzene rings is 2. The largest absolute Gasteiger partial charge is 0.378 e. The van der Waals surface area contributed by atoms with Crippen LogP contribution in [0.4, 0.5) is 15.8 Å². The van der Waals surface area contributed by atoms with Gasteiger partial charge in [0.1, 0.15) is 5.82 Å². The summed E-state index contributed by atoms with van der Waals surface area (Å²) in [7, 11) is 1.85. The van der Waals surface area contributed by atoms with E-state index < -0.39 is 0 Å². The number of hydrogen-bond donors (Lipinski definition) is 2. The first-order chi connectivity index (χ1) is 12.6. The Morgan fingerprint density at radius 2 is 1.81 bits per heavy atom. The third-order valence-electron chi connectivity index (χ3n) is 3.61. The first-order valence-corrected chi connectivity index (χ1v) is 8.96. The summed E-state index contributed by atoms with van der Waals surface area (Å²) in [6.45, 7) is 0.450. The van der Waals surface area contributed by atoms with E-state index in [0.717, 1.165) is 17.2 Å². The summed E-state index contributed by atoms with van der Waals surface area (Å²) in [6, 6.07) is 15.4. The van der Waals surface area contributed by atoms with E-state index in [1.165, 1.54) is 23.9 Å². The van der Waals surface area contributed by atoms with Crippen molar-refractivity contribution in [3.63, 3.8) is 0 Å². The normalized spacial score (nSPS) is 10.5. The topological polar surface area (TPSA) is 71.8 Å². The van der Waals surface area contributed by atoms with Gasteiger partial charge in [-0.05, 0) is 36.4 Å². The second-order valence-corrected chi connectivity index (χ2v) is 6.46. The molecule has 0 bridgehead atoms. The van der Waals surface area contributed by atoms with Crippen LogP contribution in [-0.4, -0.2) is 26.4 Å². The van der Waals surface area contributed by atoms with E-state index >= 15 is 0 Å². The molecule has 2 aromatic carbocycles. The molecule has 0 spiro atoms. The van der Waals surface area contributed by atoms with E-state index in [4.69, 9.17) is 0 Å². The van der Waals surface area contributed by atoms with Crippen molar-refractivity contribution in [1.82, 2.24) is 14.8 Å². The monoisotopic (exact) mass is 371 g/mol. The molecular weight excluding hydrogens is 353 g/mol. The van der Waals surface area contributed by atoms with Crippen molar-refractivity contribution in [3.05, 3.63) is 66.2 Å². The molecule has 0 saturated heterocycles. The fraction of sp³-hybridized carbons (Fsp3) is 0.167. The van der Waals surface area contributed by atoms with Crippen molar-refractivity contribution in [1.29, 1.82) is 0 Å². The highest BCUT2D eigenvalue weighted by molar-refractivity contribution is 7.99. The van der Waals surface area contributed by atoms with Crippen LogP contribution >= 0.6 is 11.8 Å². The standard InChI is InChI=1S/C18H18FN5OS/c1-24-16(11-20-14-9-7-13(19)8-10-14)22-23-18(24)26-12-17(25)21-15-5-3-2-4-6-15/h2-10,20H,11-12H2,1H3,(H,21,25). The molecule has 3 rings (SSSR count). The van der Waals surface area contributed by atoms with Crippen molar-refractivity contribution >= 4 is 29.0 Å². The summed E-state index contributed by atoms with van der Waals surface area (Å²) in [5.74, 6) is 0.587. The predicted molar refractivity (Wildman–Crippen MR) is 101 cm³/mol. The maximum atomic E-state index is 12.9. The van der Waals surface area contributed by atoms with E-state index in [0.29, 0.717) is 11.7 Å². The Kier molecular flexibility index (Phi) is 5.85. The Labute approximate surface area is 154 Å². The maximum absolute atomic E-state index is 12.9. The summed E-state index contributed by atoms with van der Waals surface area (Å²) >= 11 is 1.32. The zero-order valence-corrected chi connectivity index (χ0v) is 15.0. The van der Waals surface area contributed by atoms with Crippen molar-refractivity contribution in [2.45, 2.75) is 11.7 Å². The smallest absolute Gasteiger partial charge is 0.234 e. The summed E-state index contributed by atoms with van der Waals surface area (Å²) in [5.41, 5.74) is 1.56. The lowest BCUT2D eigenvalue weighted by Gasteiger charge is -2.07. The Morgan fingerprint density at radius 1 is 1.08 bits per heavy atom. The number of anilines is 2. The number of carbonyl (C=O) groups excluding carboxylic acids is 1. The summed E-state index contributed by atoms with van der Waals surface area (Å²) in [6.07, 6.45) is 0. The van der Waals surface area contributed by atoms with Gasteiger partial charge in [-0.25, -0.2) is 4.39 Å². The fourth-order valence-electron chi connectivity index (χ4n) is 2.22. The highest BCUT2D eigenvalue weighted by Gasteiger charge is 2.11. The molecule has 2 N–H and O–H groups in total. The molecule has 0 aliphatic heterocycles. The number of para-hydroxylation sites is 1. The van der Waals surface area contributed by atoms with Gasteiger partial charge in [0.15, 0.2) is 11.0 Å². The molecule has 0 saturated carbocycles. The third kappa shape index (κ3) is 4.82. The number of carbonyl (C=O) groups is 1. The van der Waals surface area contributed by atoms with Crippen LogP contribution in [0.5, 0.6) is 0 Å². The van der Waals surface area contributed by atoms with Crippen molar-refractivity contribution in [2.75, 3.05) is 16.4 Å². The molecule has 8 heteroatoms. The summed E-state index contributed by atoms with van der Waals surface area (Å²) < 4.78 is 14.7. The van der Waals surface area contributed by atoms with Gasteiger partial charge in [0.25, 0.3) is 0 Å². The molecule has 6 nitrogen and oxygen atoms in total. The first-order valence-electron chi connectivity index (χ1n) is 7.97. The molecule has 1 aromatic heterocycles. The van der Waals surface area contributed by atoms with Gasteiger partial charge in [-0.15, -0.1) is 10.2 Å². The lowest BCUT2D eigenvalue weighted by molar-refractivity contribution is -0.113. The predicted octanol–water partition coefficient (Wildman–Crippen LogP) is 3.30. The fourth-order valence-corrected chi connectivity index (χ4v) is 2.95. The van der Waals surface area contributed by atoms with Gasteiger partial charge in [-0.2, -0.15) is 0 Å². The minimum Gasteiger partial charge on any atom is -0.378 e. The molecule has 0 aliphatic rings. The molecule has 0 radical (unpaired) electrons. The quantitative estimate of drug-likeness (QED) is 0.624. The average Bonchev–Trinajstić information content (AvgIpc) is 3.00. The van der Waals surface area contributed by atoms with Crippen LogP contribution in [0, 0.1) is 5.82 Å². The molecule has 3 aromatic rings. The van der Waals surface area contributed by atoms with Gasteiger partial charge >= 0.3 is 0 Å². The number of thioether (sulfide) groups is 1. The third-order valence-corrected chi connectivity index (χ3v) is 4.63. The Morgan fingerprint density at radius 3 is 2.54 bits per heavy atom. The van der Waals surface area contributed by atoms with E-state index in [9.17, 15) is 9.18 Å². The number of aromatic nitrogens is 3. The van der Waals surface area contributed by atoms with Crippen LogP contribution in [0.2, 0.25) is 0 Å². The van der Waals surface area contributed by atoms with Crippen molar-refractivity contribution in [2.24, 2.45) is 7.05 Å². The van der Waals surface area contributed by atoms with Gasteiger partial charge in [-0.3, -0.25) is 4.79 Å². The maximum Gasteiger partial charge on any atom is 0.234 e. The first kappa shape index (κ1) is 17.9. The van der Waals surface area contributed by atoms with E-state index in [1.54, 1.807) is 12.1 Å². The molecule has 0 unspecified atom stereocenters. The molecule has 0 fully saturated rings. The van der Waals surface area contributed by atoms with Crippen LogP contribution in [0.15, 0.2) is 59.8 Å². The van der Waals surface area contributed by atoms with E-state index in [2.05, 4.69) is 20.8 Å². The number of rotatable bonds is 7. The molecule has 26 heavy (non-hydrogen) atoms. The van der Waals surface area contributed by atoms with E-state index in [1.807, 2.05) is 41.9 Å². The van der Waals surface area contributed by atoms with Crippen LogP contribution < -0.4 is 10.6 Å². The van der Waals surface area contributed by atoms with Gasteiger partial charge in [0.05, 0.1) is 12.3 Å². The highest BCUT2D eigenvalue weighted by atomic mass is 32.2. The number of amides is 1. The number of nitrogens with one attached hydrogen (secondary N) is 2.